The van der Waals surface area contributed by atoms with Crippen LogP contribution >= 0.6 is 0 Å². The number of hydrogen-bond donors (Lipinski definition) is 0. The minimum absolute atomic E-state index is 0.0871. The van der Waals surface area contributed by atoms with Gasteiger partial charge in [-0.25, -0.2) is 4.39 Å². The van der Waals surface area contributed by atoms with E-state index in [1.165, 1.54) is 49.9 Å². The molecule has 0 amide bonds. The van der Waals surface area contributed by atoms with Gasteiger partial charge < -0.3 is 4.74 Å². The highest BCUT2D eigenvalue weighted by molar-refractivity contribution is 5.99. The van der Waals surface area contributed by atoms with E-state index in [1.807, 2.05) is 0 Å². The molecule has 0 aromatic heterocycles. The summed E-state index contributed by atoms with van der Waals surface area (Å²) in [6, 6.07) is 5.60. The predicted octanol–water partition coefficient (Wildman–Crippen LogP) is 4.77. The van der Waals surface area contributed by atoms with Crippen LogP contribution in [-0.4, -0.2) is 18.5 Å². The maximum atomic E-state index is 12.8. The molecule has 20 heavy (non-hydrogen) atoms. The molecule has 0 heterocycles. The number of halogens is 1. The molecule has 1 rings (SSSR count). The molecule has 1 aromatic rings. The number of ether oxygens (including phenoxy) is 1. The van der Waals surface area contributed by atoms with Crippen LogP contribution < -0.4 is 0 Å². The Balaban J connectivity index is 2.20. The number of carbonyl (C=O) groups excluding carboxylic acids is 1. The molecule has 0 saturated carbocycles. The molecule has 0 aliphatic heterocycles. The van der Waals surface area contributed by atoms with Gasteiger partial charge in [0.05, 0.1) is 0 Å². The molecule has 0 aliphatic carbocycles. The summed E-state index contributed by atoms with van der Waals surface area (Å²) in [4.78, 5) is 12.0. The van der Waals surface area contributed by atoms with E-state index in [0.717, 1.165) is 12.8 Å². The summed E-state index contributed by atoms with van der Waals surface area (Å²) in [5.41, 5.74) is 0.502. The zero-order valence-corrected chi connectivity index (χ0v) is 12.5. The molecule has 2 nitrogen and oxygen atoms in total. The number of Topliss-reactive ketones (excluding diaryl/α,β-unsaturated/α-hetero) is 1. The molecule has 0 radical (unpaired) electrons. The summed E-state index contributed by atoms with van der Waals surface area (Å²) in [5, 5.41) is 0. The van der Waals surface area contributed by atoms with Gasteiger partial charge in [0.25, 0.3) is 0 Å². The molecule has 3 heteroatoms. The van der Waals surface area contributed by atoms with Gasteiger partial charge in [0.1, 0.15) is 11.9 Å². The second-order valence-corrected chi connectivity index (χ2v) is 5.15. The number of hydrogen-bond acceptors (Lipinski definition) is 2. The fourth-order valence-electron chi connectivity index (χ4n) is 2.07. The van der Waals surface area contributed by atoms with Crippen molar-refractivity contribution in [3.05, 3.63) is 35.6 Å². The van der Waals surface area contributed by atoms with Crippen LogP contribution in [0.4, 0.5) is 4.39 Å². The van der Waals surface area contributed by atoms with E-state index in [-0.39, 0.29) is 11.6 Å². The average Bonchev–Trinajstić information content (AvgIpc) is 2.46. The third kappa shape index (κ3) is 6.29. The summed E-state index contributed by atoms with van der Waals surface area (Å²) in [6.07, 6.45) is 6.73. The lowest BCUT2D eigenvalue weighted by atomic mass is 10.1. The highest BCUT2D eigenvalue weighted by atomic mass is 19.1. The summed E-state index contributed by atoms with van der Waals surface area (Å²) >= 11 is 0. The molecule has 112 valence electrons. The van der Waals surface area contributed by atoms with E-state index in [9.17, 15) is 9.18 Å². The smallest absolute Gasteiger partial charge is 0.191 e. The molecular weight excluding hydrogens is 255 g/mol. The number of carbonyl (C=O) groups is 1. The lowest BCUT2D eigenvalue weighted by Crippen LogP contribution is -2.21. The van der Waals surface area contributed by atoms with E-state index >= 15 is 0 Å². The van der Waals surface area contributed by atoms with Crippen molar-refractivity contribution in [1.29, 1.82) is 0 Å². The first-order chi connectivity index (χ1) is 9.65. The van der Waals surface area contributed by atoms with Crippen LogP contribution in [0.15, 0.2) is 24.3 Å². The normalized spacial score (nSPS) is 12.3. The largest absolute Gasteiger partial charge is 0.370 e. The van der Waals surface area contributed by atoms with Crippen LogP contribution in [0.2, 0.25) is 0 Å². The first-order valence-electron chi connectivity index (χ1n) is 7.56. The molecule has 1 atom stereocenters. The van der Waals surface area contributed by atoms with Crippen molar-refractivity contribution in [1.82, 2.24) is 0 Å². The summed E-state index contributed by atoms with van der Waals surface area (Å²) in [6.45, 7) is 4.56. The monoisotopic (exact) mass is 280 g/mol. The Morgan fingerprint density at radius 3 is 2.35 bits per heavy atom. The van der Waals surface area contributed by atoms with Crippen molar-refractivity contribution >= 4 is 5.78 Å². The fourth-order valence-corrected chi connectivity index (χ4v) is 2.07. The van der Waals surface area contributed by atoms with Gasteiger partial charge in [-0.3, -0.25) is 4.79 Å². The van der Waals surface area contributed by atoms with Crippen LogP contribution in [0, 0.1) is 5.82 Å². The van der Waals surface area contributed by atoms with E-state index < -0.39 is 6.10 Å². The number of benzene rings is 1. The number of unbranched alkanes of at least 4 members (excludes halogenated alkanes) is 5. The molecule has 0 saturated heterocycles. The maximum Gasteiger partial charge on any atom is 0.191 e. The standard InChI is InChI=1S/C17H25FO2/c1-3-4-5-6-7-8-13-20-14(2)17(19)15-9-11-16(18)12-10-15/h9-12,14H,3-8,13H2,1-2H3. The Morgan fingerprint density at radius 2 is 1.70 bits per heavy atom. The maximum absolute atomic E-state index is 12.8. The van der Waals surface area contributed by atoms with E-state index in [2.05, 4.69) is 6.92 Å². The molecule has 1 aromatic carbocycles. The third-order valence-corrected chi connectivity index (χ3v) is 3.36. The van der Waals surface area contributed by atoms with Gasteiger partial charge in [0, 0.05) is 12.2 Å². The Kier molecular flexibility index (Phi) is 8.12. The van der Waals surface area contributed by atoms with Crippen LogP contribution in [0.3, 0.4) is 0 Å². The molecule has 0 aliphatic rings. The van der Waals surface area contributed by atoms with Crippen molar-refractivity contribution in [3.63, 3.8) is 0 Å². The predicted molar refractivity (Wildman–Crippen MR) is 79.5 cm³/mol. The Morgan fingerprint density at radius 1 is 1.10 bits per heavy atom. The van der Waals surface area contributed by atoms with Gasteiger partial charge in [-0.1, -0.05) is 39.0 Å². The van der Waals surface area contributed by atoms with Crippen molar-refractivity contribution in [2.45, 2.75) is 58.5 Å². The first kappa shape index (κ1) is 16.8. The van der Waals surface area contributed by atoms with Gasteiger partial charge in [0.2, 0.25) is 0 Å². The molecule has 0 fully saturated rings. The van der Waals surface area contributed by atoms with E-state index in [0.29, 0.717) is 12.2 Å². The highest BCUT2D eigenvalue weighted by Crippen LogP contribution is 2.10. The van der Waals surface area contributed by atoms with E-state index in [4.69, 9.17) is 4.74 Å². The van der Waals surface area contributed by atoms with Crippen LogP contribution in [-0.2, 0) is 4.74 Å². The molecule has 0 spiro atoms. The zero-order valence-electron chi connectivity index (χ0n) is 12.5. The van der Waals surface area contributed by atoms with Gasteiger partial charge in [-0.2, -0.15) is 0 Å². The van der Waals surface area contributed by atoms with E-state index in [1.54, 1.807) is 6.92 Å². The quantitative estimate of drug-likeness (QED) is 0.455. The summed E-state index contributed by atoms with van der Waals surface area (Å²) < 4.78 is 18.3. The lowest BCUT2D eigenvalue weighted by Gasteiger charge is -2.12. The highest BCUT2D eigenvalue weighted by Gasteiger charge is 2.15. The van der Waals surface area contributed by atoms with Crippen molar-refractivity contribution in [2.24, 2.45) is 0 Å². The lowest BCUT2D eigenvalue weighted by molar-refractivity contribution is 0.0464. The van der Waals surface area contributed by atoms with Crippen LogP contribution in [0.5, 0.6) is 0 Å². The first-order valence-corrected chi connectivity index (χ1v) is 7.56. The van der Waals surface area contributed by atoms with Crippen LogP contribution in [0.25, 0.3) is 0 Å². The molecule has 1 unspecified atom stereocenters. The third-order valence-electron chi connectivity index (χ3n) is 3.36. The Hall–Kier alpha value is -1.22. The SMILES string of the molecule is CCCCCCCCOC(C)C(=O)c1ccc(F)cc1. The van der Waals surface area contributed by atoms with Crippen molar-refractivity contribution in [3.8, 4) is 0 Å². The van der Waals surface area contributed by atoms with Gasteiger partial charge in [0.15, 0.2) is 5.78 Å². The number of ketones is 1. The van der Waals surface area contributed by atoms with Gasteiger partial charge in [-0.05, 0) is 37.6 Å². The average molecular weight is 280 g/mol. The van der Waals surface area contributed by atoms with Crippen molar-refractivity contribution in [2.75, 3.05) is 6.61 Å². The molecular formula is C17H25FO2. The minimum atomic E-state index is -0.462. The van der Waals surface area contributed by atoms with Gasteiger partial charge >= 0.3 is 0 Å². The van der Waals surface area contributed by atoms with Gasteiger partial charge in [-0.15, -0.1) is 0 Å². The minimum Gasteiger partial charge on any atom is -0.370 e. The fraction of sp³-hybridized carbons (Fsp3) is 0.588. The second-order valence-electron chi connectivity index (χ2n) is 5.15. The zero-order chi connectivity index (χ0) is 14.8. The second kappa shape index (κ2) is 9.65. The topological polar surface area (TPSA) is 26.3 Å². The van der Waals surface area contributed by atoms with Crippen molar-refractivity contribution < 1.29 is 13.9 Å². The van der Waals surface area contributed by atoms with Crippen LogP contribution in [0.1, 0.15) is 62.7 Å². The summed E-state index contributed by atoms with van der Waals surface area (Å²) in [5.74, 6) is -0.418. The Bertz CT molecular complexity index is 386. The molecule has 0 bridgehead atoms. The number of rotatable bonds is 10. The molecule has 0 N–H and O–H groups in total. The summed E-state index contributed by atoms with van der Waals surface area (Å²) in [7, 11) is 0. The Labute approximate surface area is 121 Å².